The molecule has 2 heterocycles. The summed E-state index contributed by atoms with van der Waals surface area (Å²) in [6, 6.07) is 0. The number of ether oxygens (including phenoxy) is 6. The fourth-order valence-electron chi connectivity index (χ4n) is 1.73. The van der Waals surface area contributed by atoms with Crippen LogP contribution in [0.25, 0.3) is 0 Å². The Labute approximate surface area is 124 Å². The van der Waals surface area contributed by atoms with Gasteiger partial charge in [-0.1, -0.05) is 23.2 Å². The zero-order valence-corrected chi connectivity index (χ0v) is 11.9. The summed E-state index contributed by atoms with van der Waals surface area (Å²) in [6.45, 7) is 0.226. The molecule has 2 fully saturated rings. The first-order valence-corrected chi connectivity index (χ1v) is 6.78. The lowest BCUT2D eigenvalue weighted by molar-refractivity contribution is -0.371. The van der Waals surface area contributed by atoms with Crippen molar-refractivity contribution in [2.75, 3.05) is 39.6 Å². The van der Waals surface area contributed by atoms with Crippen molar-refractivity contribution in [1.82, 2.24) is 0 Å². The van der Waals surface area contributed by atoms with Crippen molar-refractivity contribution >= 4 is 23.2 Å². The van der Waals surface area contributed by atoms with Gasteiger partial charge in [0.05, 0.1) is 39.6 Å². The molecule has 10 heteroatoms. The van der Waals surface area contributed by atoms with Gasteiger partial charge in [-0.25, -0.2) is 8.78 Å². The molecule has 0 N–H and O–H groups in total. The summed E-state index contributed by atoms with van der Waals surface area (Å²) >= 11 is 10.6. The Hall–Kier alpha value is 0.200. The monoisotopic (exact) mass is 338 g/mol. The van der Waals surface area contributed by atoms with Gasteiger partial charge in [-0.3, -0.25) is 0 Å². The first-order valence-electron chi connectivity index (χ1n) is 5.91. The second-order valence-corrected chi connectivity index (χ2v) is 4.67. The Balaban J connectivity index is 1.78. The molecule has 0 radical (unpaired) electrons. The van der Waals surface area contributed by atoms with Crippen molar-refractivity contribution in [3.63, 3.8) is 0 Å². The lowest BCUT2D eigenvalue weighted by Gasteiger charge is -2.29. The Morgan fingerprint density at radius 3 is 1.35 bits per heavy atom. The second kappa shape index (κ2) is 6.97. The minimum absolute atomic E-state index is 0.151. The number of halogens is 4. The van der Waals surface area contributed by atoms with Gasteiger partial charge < -0.3 is 28.4 Å². The molecule has 2 atom stereocenters. The summed E-state index contributed by atoms with van der Waals surface area (Å²) in [7, 11) is 0. The highest BCUT2D eigenvalue weighted by Gasteiger charge is 2.48. The van der Waals surface area contributed by atoms with Crippen LogP contribution in [0.2, 0.25) is 0 Å². The fourth-order valence-corrected chi connectivity index (χ4v) is 2.11. The van der Waals surface area contributed by atoms with Crippen LogP contribution in [0.1, 0.15) is 0 Å². The minimum atomic E-state index is -2.01. The van der Waals surface area contributed by atoms with E-state index in [1.807, 2.05) is 0 Å². The molecule has 0 bridgehead atoms. The van der Waals surface area contributed by atoms with Crippen LogP contribution in [0.15, 0.2) is 0 Å². The molecule has 2 aliphatic rings. The van der Waals surface area contributed by atoms with E-state index in [0.29, 0.717) is 0 Å². The van der Waals surface area contributed by atoms with E-state index in [9.17, 15) is 8.78 Å². The third-order valence-electron chi connectivity index (χ3n) is 2.60. The number of alkyl halides is 4. The van der Waals surface area contributed by atoms with Gasteiger partial charge in [-0.15, -0.1) is 0 Å². The van der Waals surface area contributed by atoms with Crippen molar-refractivity contribution < 1.29 is 37.2 Å². The predicted octanol–water partition coefficient (Wildman–Crippen LogP) is 1.49. The second-order valence-electron chi connectivity index (χ2n) is 3.90. The zero-order valence-electron chi connectivity index (χ0n) is 10.4. The molecule has 0 aromatic rings. The van der Waals surface area contributed by atoms with Crippen LogP contribution in [0.5, 0.6) is 0 Å². The van der Waals surface area contributed by atoms with Crippen LogP contribution in [0.4, 0.5) is 8.78 Å². The number of rotatable bonds is 7. The molecule has 0 aliphatic carbocycles. The van der Waals surface area contributed by atoms with Crippen LogP contribution < -0.4 is 0 Å². The molecule has 2 unspecified atom stereocenters. The van der Waals surface area contributed by atoms with E-state index in [-0.39, 0.29) is 39.6 Å². The van der Waals surface area contributed by atoms with Crippen LogP contribution in [-0.2, 0) is 28.4 Å². The Bertz CT molecular complexity index is 278. The van der Waals surface area contributed by atoms with Gasteiger partial charge in [0.25, 0.3) is 11.3 Å². The summed E-state index contributed by atoms with van der Waals surface area (Å²) in [4.78, 5) is 0. The Morgan fingerprint density at radius 2 is 1.10 bits per heavy atom. The third kappa shape index (κ3) is 3.50. The van der Waals surface area contributed by atoms with Crippen molar-refractivity contribution in [2.24, 2.45) is 0 Å². The van der Waals surface area contributed by atoms with E-state index in [1.165, 1.54) is 0 Å². The van der Waals surface area contributed by atoms with E-state index >= 15 is 0 Å². The van der Waals surface area contributed by atoms with Crippen molar-refractivity contribution in [2.45, 2.75) is 23.2 Å². The van der Waals surface area contributed by atoms with Crippen LogP contribution in [0, 0.1) is 0 Å². The van der Waals surface area contributed by atoms with Crippen molar-refractivity contribution in [3.8, 4) is 0 Å². The third-order valence-corrected chi connectivity index (χ3v) is 3.14. The smallest absolute Gasteiger partial charge is 0.322 e. The van der Waals surface area contributed by atoms with Gasteiger partial charge in [0.1, 0.15) is 0 Å². The summed E-state index contributed by atoms with van der Waals surface area (Å²) < 4.78 is 56.5. The molecule has 2 aliphatic heterocycles. The van der Waals surface area contributed by atoms with E-state index in [4.69, 9.17) is 51.6 Å². The highest BCUT2D eigenvalue weighted by atomic mass is 35.5. The van der Waals surface area contributed by atoms with E-state index < -0.39 is 23.2 Å². The molecule has 0 spiro atoms. The molecular weight excluding hydrogens is 325 g/mol. The molecule has 0 saturated carbocycles. The minimum Gasteiger partial charge on any atom is -0.322 e. The first-order chi connectivity index (χ1) is 9.51. The Morgan fingerprint density at radius 1 is 0.800 bits per heavy atom. The van der Waals surface area contributed by atoms with Gasteiger partial charge >= 0.3 is 11.9 Å². The van der Waals surface area contributed by atoms with E-state index in [0.717, 1.165) is 0 Å². The molecular formula is C10H14Cl2F2O6. The molecule has 6 nitrogen and oxygen atoms in total. The summed E-state index contributed by atoms with van der Waals surface area (Å²) in [5, 5.41) is 0. The highest BCUT2D eigenvalue weighted by Crippen LogP contribution is 2.31. The van der Waals surface area contributed by atoms with E-state index in [1.54, 1.807) is 0 Å². The van der Waals surface area contributed by atoms with Crippen LogP contribution >= 0.6 is 23.2 Å². The standard InChI is InChI=1S/C10H14Cl2F2O6/c11-7(13)9(15-1-2-16-9)19-5-6-20-10(8(12)14)17-3-4-18-10/h7-8H,1-6H2. The van der Waals surface area contributed by atoms with Crippen molar-refractivity contribution in [1.29, 1.82) is 0 Å². The summed E-state index contributed by atoms with van der Waals surface area (Å²) in [5.41, 5.74) is -4.03. The van der Waals surface area contributed by atoms with Crippen LogP contribution in [0.3, 0.4) is 0 Å². The number of hydrogen-bond acceptors (Lipinski definition) is 6. The SMILES string of the molecule is FC(Cl)C1(OCCOC2(C(F)Cl)OCCO2)OCCO1. The van der Waals surface area contributed by atoms with Gasteiger partial charge in [0, 0.05) is 0 Å². The average molecular weight is 339 g/mol. The maximum atomic E-state index is 13.2. The van der Waals surface area contributed by atoms with Gasteiger partial charge in [0.2, 0.25) is 0 Å². The molecule has 0 aromatic heterocycles. The maximum absolute atomic E-state index is 13.2. The lowest BCUT2D eigenvalue weighted by Crippen LogP contribution is -2.44. The summed E-state index contributed by atoms with van der Waals surface area (Å²) in [6.07, 6.45) is 0. The fraction of sp³-hybridized carbons (Fsp3) is 1.00. The zero-order chi connectivity index (χ0) is 14.6. The largest absolute Gasteiger partial charge is 0.331 e. The molecule has 2 saturated heterocycles. The average Bonchev–Trinajstić information content (AvgIpc) is 3.05. The highest BCUT2D eigenvalue weighted by molar-refractivity contribution is 6.20. The molecule has 0 amide bonds. The molecule has 20 heavy (non-hydrogen) atoms. The van der Waals surface area contributed by atoms with Gasteiger partial charge in [0.15, 0.2) is 0 Å². The molecule has 118 valence electrons. The van der Waals surface area contributed by atoms with Gasteiger partial charge in [-0.2, -0.15) is 0 Å². The first kappa shape index (κ1) is 16.6. The molecule has 2 rings (SSSR count). The quantitative estimate of drug-likeness (QED) is 0.518. The summed E-state index contributed by atoms with van der Waals surface area (Å²) in [5.74, 6) is -3.93. The lowest BCUT2D eigenvalue weighted by atomic mass is 10.5. The number of hydrogen-bond donors (Lipinski definition) is 0. The maximum Gasteiger partial charge on any atom is 0.331 e. The van der Waals surface area contributed by atoms with Crippen LogP contribution in [-0.4, -0.2) is 62.8 Å². The molecule has 0 aromatic carbocycles. The van der Waals surface area contributed by atoms with Crippen molar-refractivity contribution in [3.05, 3.63) is 0 Å². The van der Waals surface area contributed by atoms with E-state index in [2.05, 4.69) is 0 Å². The normalized spacial score (nSPS) is 27.6. The topological polar surface area (TPSA) is 55.4 Å². The van der Waals surface area contributed by atoms with Gasteiger partial charge in [-0.05, 0) is 0 Å². The Kier molecular flexibility index (Phi) is 5.78. The predicted molar refractivity (Wildman–Crippen MR) is 62.7 cm³/mol.